The summed E-state index contributed by atoms with van der Waals surface area (Å²) in [6.45, 7) is 8.26. The maximum atomic E-state index is 12.9. The van der Waals surface area contributed by atoms with E-state index >= 15 is 0 Å². The van der Waals surface area contributed by atoms with Gasteiger partial charge in [0.2, 0.25) is 0 Å². The van der Waals surface area contributed by atoms with Crippen molar-refractivity contribution in [2.75, 3.05) is 0 Å². The van der Waals surface area contributed by atoms with E-state index in [9.17, 15) is 14.7 Å². The third kappa shape index (κ3) is 5.24. The Labute approximate surface area is 183 Å². The third-order valence-corrected chi connectivity index (χ3v) is 5.84. The predicted molar refractivity (Wildman–Crippen MR) is 120 cm³/mol. The van der Waals surface area contributed by atoms with Gasteiger partial charge in [-0.1, -0.05) is 27.7 Å². The molecule has 1 atom stereocenters. The highest BCUT2D eigenvalue weighted by Gasteiger charge is 2.24. The highest BCUT2D eigenvalue weighted by molar-refractivity contribution is 6.00. The highest BCUT2D eigenvalue weighted by Crippen LogP contribution is 2.28. The van der Waals surface area contributed by atoms with Crippen LogP contribution in [0, 0.1) is 11.8 Å². The summed E-state index contributed by atoms with van der Waals surface area (Å²) in [4.78, 5) is 29.3. The molecule has 3 rings (SSSR count). The average molecular weight is 425 g/mol. The Morgan fingerprint density at radius 1 is 1.16 bits per heavy atom. The van der Waals surface area contributed by atoms with Crippen LogP contribution in [0.1, 0.15) is 81.4 Å². The summed E-state index contributed by atoms with van der Waals surface area (Å²) in [5.41, 5.74) is 2.26. The summed E-state index contributed by atoms with van der Waals surface area (Å²) in [6.07, 6.45) is 4.68. The van der Waals surface area contributed by atoms with E-state index in [2.05, 4.69) is 18.4 Å². The van der Waals surface area contributed by atoms with Crippen LogP contribution in [0.2, 0.25) is 0 Å². The fraction of sp³-hybridized carbons (Fsp3) is 0.480. The number of Topliss-reactive ketones (excluding diaryl/α,β-unsaturated/α-hetero) is 1. The maximum absolute atomic E-state index is 12.9. The molecule has 1 aromatic carbocycles. The largest absolute Gasteiger partial charge is 0.481 e. The van der Waals surface area contributed by atoms with Gasteiger partial charge in [-0.25, -0.2) is 4.98 Å². The van der Waals surface area contributed by atoms with E-state index in [1.54, 1.807) is 18.4 Å². The first-order chi connectivity index (χ1) is 14.8. The molecule has 0 amide bonds. The molecule has 6 nitrogen and oxygen atoms in total. The van der Waals surface area contributed by atoms with Gasteiger partial charge in [-0.2, -0.15) is 0 Å². The van der Waals surface area contributed by atoms with Gasteiger partial charge in [0.1, 0.15) is 11.6 Å². The molecular weight excluding hydrogens is 392 g/mol. The van der Waals surface area contributed by atoms with Crippen LogP contribution < -0.4 is 0 Å². The molecule has 31 heavy (non-hydrogen) atoms. The van der Waals surface area contributed by atoms with Gasteiger partial charge in [0, 0.05) is 18.0 Å². The number of benzene rings is 1. The fourth-order valence-corrected chi connectivity index (χ4v) is 4.26. The Balaban J connectivity index is 1.96. The summed E-state index contributed by atoms with van der Waals surface area (Å²) < 4.78 is 7.79. The predicted octanol–water partition coefficient (Wildman–Crippen LogP) is 5.90. The second-order valence-electron chi connectivity index (χ2n) is 8.62. The molecule has 0 radical (unpaired) electrons. The molecule has 0 aliphatic carbocycles. The number of aromatic nitrogens is 2. The topological polar surface area (TPSA) is 85.3 Å². The lowest BCUT2D eigenvalue weighted by molar-refractivity contribution is -0.142. The smallest absolute Gasteiger partial charge is 0.306 e. The van der Waals surface area contributed by atoms with E-state index in [4.69, 9.17) is 9.40 Å². The first-order valence-electron chi connectivity index (χ1n) is 11.1. The summed E-state index contributed by atoms with van der Waals surface area (Å²) in [5, 5.41) is 9.49. The van der Waals surface area contributed by atoms with Crippen molar-refractivity contribution in [1.82, 2.24) is 9.55 Å². The lowest BCUT2D eigenvalue weighted by Gasteiger charge is -2.18. The quantitative estimate of drug-likeness (QED) is 0.387. The van der Waals surface area contributed by atoms with Crippen molar-refractivity contribution in [2.45, 2.75) is 65.8 Å². The number of imidazole rings is 1. The molecule has 3 aromatic rings. The lowest BCUT2D eigenvalue weighted by Crippen LogP contribution is -2.20. The van der Waals surface area contributed by atoms with Gasteiger partial charge in [-0.05, 0) is 55.5 Å². The summed E-state index contributed by atoms with van der Waals surface area (Å²) >= 11 is 0. The molecule has 6 heteroatoms. The van der Waals surface area contributed by atoms with E-state index in [1.165, 1.54) is 0 Å². The number of hydrogen-bond acceptors (Lipinski definition) is 4. The van der Waals surface area contributed by atoms with Crippen molar-refractivity contribution in [3.63, 3.8) is 0 Å². The number of carbonyl (C=O) groups excluding carboxylic acids is 1. The van der Waals surface area contributed by atoms with Gasteiger partial charge in [-0.3, -0.25) is 9.59 Å². The van der Waals surface area contributed by atoms with Gasteiger partial charge in [-0.15, -0.1) is 0 Å². The number of furan rings is 1. The summed E-state index contributed by atoms with van der Waals surface area (Å²) in [7, 11) is 0. The van der Waals surface area contributed by atoms with Crippen LogP contribution in [0.3, 0.4) is 0 Å². The van der Waals surface area contributed by atoms with Gasteiger partial charge in [0.05, 0.1) is 29.6 Å². The molecule has 2 heterocycles. The number of fused-ring (bicyclic) bond motifs is 1. The van der Waals surface area contributed by atoms with E-state index < -0.39 is 11.9 Å². The van der Waals surface area contributed by atoms with Gasteiger partial charge < -0.3 is 14.1 Å². The molecule has 1 N–H and O–H groups in total. The third-order valence-electron chi connectivity index (χ3n) is 5.84. The number of carbonyl (C=O) groups is 2. The normalized spacial score (nSPS) is 12.7. The number of carboxylic acid groups (broad SMARTS) is 1. The second-order valence-corrected chi connectivity index (χ2v) is 8.62. The van der Waals surface area contributed by atoms with Gasteiger partial charge in [0.15, 0.2) is 5.78 Å². The molecule has 0 saturated heterocycles. The number of hydrogen-bond donors (Lipinski definition) is 1. The van der Waals surface area contributed by atoms with Crippen molar-refractivity contribution in [3.8, 4) is 0 Å². The molecular formula is C25H32N2O4. The monoisotopic (exact) mass is 424 g/mol. The molecule has 0 aliphatic heterocycles. The number of nitrogens with zero attached hydrogens (tertiary/aromatic N) is 2. The number of rotatable bonds is 11. The van der Waals surface area contributed by atoms with Gasteiger partial charge in [0.25, 0.3) is 0 Å². The standard InChI is InChI=1S/C25H32N2O4/c1-5-19(6-2)27-22-10-9-17(23(28)14-18(25(29)30)12-16(3)4)13-21(22)26-24(27)15-20-8-7-11-31-20/h7-11,13,16,18-19H,5-6,12,14-15H2,1-4H3,(H,29,30)/t18-/m1/s1. The molecule has 2 aromatic heterocycles. The number of ketones is 1. The Morgan fingerprint density at radius 2 is 1.90 bits per heavy atom. The average Bonchev–Trinajstić information content (AvgIpc) is 3.36. The van der Waals surface area contributed by atoms with Gasteiger partial charge >= 0.3 is 5.97 Å². The highest BCUT2D eigenvalue weighted by atomic mass is 16.4. The number of aliphatic carboxylic acids is 1. The van der Waals surface area contributed by atoms with Crippen molar-refractivity contribution < 1.29 is 19.1 Å². The van der Waals surface area contributed by atoms with E-state index in [0.717, 1.165) is 35.5 Å². The molecule has 0 fully saturated rings. The summed E-state index contributed by atoms with van der Waals surface area (Å²) in [5.74, 6) is 0.237. The first kappa shape index (κ1) is 22.8. The molecule has 0 saturated carbocycles. The zero-order valence-electron chi connectivity index (χ0n) is 18.8. The van der Waals surface area contributed by atoms with Crippen LogP contribution >= 0.6 is 0 Å². The van der Waals surface area contributed by atoms with Crippen molar-refractivity contribution in [1.29, 1.82) is 0 Å². The lowest BCUT2D eigenvalue weighted by atomic mass is 9.90. The fourth-order valence-electron chi connectivity index (χ4n) is 4.26. The zero-order chi connectivity index (χ0) is 22.5. The summed E-state index contributed by atoms with van der Waals surface area (Å²) in [6, 6.07) is 9.65. The Morgan fingerprint density at radius 3 is 2.48 bits per heavy atom. The van der Waals surface area contributed by atoms with Crippen molar-refractivity contribution >= 4 is 22.8 Å². The van der Waals surface area contributed by atoms with Crippen LogP contribution in [0.15, 0.2) is 41.0 Å². The minimum absolute atomic E-state index is 0.00548. The maximum Gasteiger partial charge on any atom is 0.306 e. The molecule has 0 unspecified atom stereocenters. The van der Waals surface area contributed by atoms with Crippen molar-refractivity contribution in [3.05, 3.63) is 53.7 Å². The van der Waals surface area contributed by atoms with E-state index in [1.807, 2.05) is 32.0 Å². The van der Waals surface area contributed by atoms with Crippen LogP contribution in [-0.2, 0) is 11.2 Å². The Hall–Kier alpha value is -2.89. The van der Waals surface area contributed by atoms with E-state index in [0.29, 0.717) is 24.4 Å². The van der Waals surface area contributed by atoms with E-state index in [-0.39, 0.29) is 18.1 Å². The van der Waals surface area contributed by atoms with Crippen LogP contribution in [0.4, 0.5) is 0 Å². The van der Waals surface area contributed by atoms with Crippen LogP contribution in [0.25, 0.3) is 11.0 Å². The van der Waals surface area contributed by atoms with Crippen LogP contribution in [-0.4, -0.2) is 26.4 Å². The van der Waals surface area contributed by atoms with Crippen molar-refractivity contribution in [2.24, 2.45) is 11.8 Å². The van der Waals surface area contributed by atoms with Crippen LogP contribution in [0.5, 0.6) is 0 Å². The Bertz CT molecular complexity index is 1030. The Kier molecular flexibility index (Phi) is 7.31. The molecule has 0 aliphatic rings. The number of carboxylic acids is 1. The zero-order valence-corrected chi connectivity index (χ0v) is 18.8. The molecule has 166 valence electrons. The second kappa shape index (κ2) is 9.94. The first-order valence-corrected chi connectivity index (χ1v) is 11.1. The SMILES string of the molecule is CCC(CC)n1c(Cc2ccco2)nc2cc(C(=O)C[C@@H](CC(C)C)C(=O)O)ccc21. The minimum Gasteiger partial charge on any atom is -0.481 e. The molecule has 0 spiro atoms. The minimum atomic E-state index is -0.915. The molecule has 0 bridgehead atoms.